The summed E-state index contributed by atoms with van der Waals surface area (Å²) in [6, 6.07) is 10.1. The number of fused-ring (bicyclic) bond motifs is 1. The van der Waals surface area contributed by atoms with Crippen molar-refractivity contribution in [1.82, 2.24) is 10.1 Å². The fourth-order valence-corrected chi connectivity index (χ4v) is 4.45. The maximum Gasteiger partial charge on any atom is 0.320 e. The Labute approximate surface area is 147 Å². The van der Waals surface area contributed by atoms with Gasteiger partial charge in [0.25, 0.3) is 0 Å². The zero-order valence-corrected chi connectivity index (χ0v) is 14.5. The predicted molar refractivity (Wildman–Crippen MR) is 94.0 cm³/mol. The van der Waals surface area contributed by atoms with Gasteiger partial charge in [-0.3, -0.25) is 9.69 Å². The topological polar surface area (TPSA) is 66.6 Å². The number of carboxylic acids is 1. The highest BCUT2D eigenvalue weighted by atomic mass is 16.5. The fourth-order valence-electron chi connectivity index (χ4n) is 4.45. The Morgan fingerprint density at radius 2 is 2.04 bits per heavy atom. The lowest BCUT2D eigenvalue weighted by atomic mass is 9.85. The lowest BCUT2D eigenvalue weighted by Crippen LogP contribution is -2.41. The van der Waals surface area contributed by atoms with Gasteiger partial charge in [0, 0.05) is 17.7 Å². The Balaban J connectivity index is 1.54. The number of carboxylic acid groups (broad SMARTS) is 1. The standard InChI is InChI=1S/C20H24N2O3/c1-13-6-8-14(9-7-13)17-11-16(25-21-17)12-22-18-5-3-2-4-15(18)10-19(22)20(23)24/h6-9,11,15,18-19H,2-5,10,12H2,1H3,(H,23,24)/t15-,18+,19-/m0/s1. The van der Waals surface area contributed by atoms with E-state index in [0.717, 1.165) is 36.3 Å². The average Bonchev–Trinajstić information content (AvgIpc) is 3.21. The molecule has 3 atom stereocenters. The van der Waals surface area contributed by atoms with Gasteiger partial charge < -0.3 is 9.63 Å². The summed E-state index contributed by atoms with van der Waals surface area (Å²) in [7, 11) is 0. The molecule has 1 saturated carbocycles. The van der Waals surface area contributed by atoms with Crippen LogP contribution in [0.1, 0.15) is 43.4 Å². The highest BCUT2D eigenvalue weighted by molar-refractivity contribution is 5.74. The minimum atomic E-state index is -0.715. The van der Waals surface area contributed by atoms with Crippen LogP contribution in [0.25, 0.3) is 11.3 Å². The molecule has 0 spiro atoms. The predicted octanol–water partition coefficient (Wildman–Crippen LogP) is 3.87. The molecule has 132 valence electrons. The van der Waals surface area contributed by atoms with E-state index in [1.54, 1.807) is 0 Å². The first-order valence-electron chi connectivity index (χ1n) is 9.13. The minimum Gasteiger partial charge on any atom is -0.480 e. The molecule has 0 radical (unpaired) electrons. The first-order valence-corrected chi connectivity index (χ1v) is 9.13. The molecular weight excluding hydrogens is 316 g/mol. The van der Waals surface area contributed by atoms with E-state index in [-0.39, 0.29) is 0 Å². The lowest BCUT2D eigenvalue weighted by Gasteiger charge is -2.32. The number of aryl methyl sites for hydroxylation is 1. The van der Waals surface area contributed by atoms with Crippen LogP contribution in [0.2, 0.25) is 0 Å². The summed E-state index contributed by atoms with van der Waals surface area (Å²) in [4.78, 5) is 13.8. The van der Waals surface area contributed by atoms with Gasteiger partial charge in [0.2, 0.25) is 0 Å². The number of benzene rings is 1. The number of aromatic nitrogens is 1. The van der Waals surface area contributed by atoms with Gasteiger partial charge in [-0.15, -0.1) is 0 Å². The van der Waals surface area contributed by atoms with Crippen molar-refractivity contribution < 1.29 is 14.4 Å². The van der Waals surface area contributed by atoms with Crippen molar-refractivity contribution in [2.45, 2.75) is 57.7 Å². The van der Waals surface area contributed by atoms with Crippen LogP contribution in [0.5, 0.6) is 0 Å². The van der Waals surface area contributed by atoms with Crippen LogP contribution in [-0.4, -0.2) is 33.2 Å². The summed E-state index contributed by atoms with van der Waals surface area (Å²) in [5, 5.41) is 13.8. The zero-order valence-electron chi connectivity index (χ0n) is 14.5. The molecule has 25 heavy (non-hydrogen) atoms. The fraction of sp³-hybridized carbons (Fsp3) is 0.500. The van der Waals surface area contributed by atoms with Crippen molar-refractivity contribution in [3.8, 4) is 11.3 Å². The quantitative estimate of drug-likeness (QED) is 0.915. The maximum atomic E-state index is 11.7. The Morgan fingerprint density at radius 1 is 1.28 bits per heavy atom. The number of hydrogen-bond donors (Lipinski definition) is 1. The average molecular weight is 340 g/mol. The van der Waals surface area contributed by atoms with Crippen LogP contribution in [0.3, 0.4) is 0 Å². The molecule has 2 fully saturated rings. The second kappa shape index (κ2) is 6.64. The summed E-state index contributed by atoms with van der Waals surface area (Å²) in [5.74, 6) is 0.537. The molecule has 1 aliphatic carbocycles. The Hall–Kier alpha value is -2.14. The molecule has 2 aliphatic rings. The van der Waals surface area contributed by atoms with Crippen LogP contribution in [0, 0.1) is 12.8 Å². The van der Waals surface area contributed by atoms with Gasteiger partial charge in [0.05, 0.1) is 6.54 Å². The highest BCUT2D eigenvalue weighted by Crippen LogP contribution is 2.40. The maximum absolute atomic E-state index is 11.7. The summed E-state index contributed by atoms with van der Waals surface area (Å²) < 4.78 is 5.53. The lowest BCUT2D eigenvalue weighted by molar-refractivity contribution is -0.143. The van der Waals surface area contributed by atoms with Crippen molar-refractivity contribution >= 4 is 5.97 Å². The van der Waals surface area contributed by atoms with E-state index in [1.807, 2.05) is 18.2 Å². The molecule has 1 saturated heterocycles. The molecular formula is C20H24N2O3. The molecule has 1 aromatic heterocycles. The number of rotatable bonds is 4. The molecule has 2 aromatic rings. The molecule has 1 aromatic carbocycles. The van der Waals surface area contributed by atoms with Gasteiger partial charge >= 0.3 is 5.97 Å². The Morgan fingerprint density at radius 3 is 2.80 bits per heavy atom. The largest absolute Gasteiger partial charge is 0.480 e. The molecule has 5 heteroatoms. The summed E-state index contributed by atoms with van der Waals surface area (Å²) in [6.45, 7) is 2.58. The van der Waals surface area contributed by atoms with Crippen molar-refractivity contribution in [3.05, 3.63) is 41.7 Å². The van der Waals surface area contributed by atoms with Gasteiger partial charge in [-0.05, 0) is 32.1 Å². The third-order valence-corrected chi connectivity index (χ3v) is 5.75. The summed E-state index contributed by atoms with van der Waals surface area (Å²) in [5.41, 5.74) is 3.03. The third kappa shape index (κ3) is 3.21. The van der Waals surface area contributed by atoms with Crippen LogP contribution < -0.4 is 0 Å². The van der Waals surface area contributed by atoms with E-state index in [9.17, 15) is 9.90 Å². The van der Waals surface area contributed by atoms with E-state index in [0.29, 0.717) is 18.5 Å². The van der Waals surface area contributed by atoms with Crippen LogP contribution in [0.15, 0.2) is 34.9 Å². The third-order valence-electron chi connectivity index (χ3n) is 5.75. The highest BCUT2D eigenvalue weighted by Gasteiger charge is 2.45. The van der Waals surface area contributed by atoms with Crippen LogP contribution in [-0.2, 0) is 11.3 Å². The molecule has 0 bridgehead atoms. The van der Waals surface area contributed by atoms with Gasteiger partial charge in [0.15, 0.2) is 5.76 Å². The number of likely N-dealkylation sites (tertiary alicyclic amines) is 1. The second-order valence-electron chi connectivity index (χ2n) is 7.42. The second-order valence-corrected chi connectivity index (χ2v) is 7.42. The summed E-state index contributed by atoms with van der Waals surface area (Å²) >= 11 is 0. The van der Waals surface area contributed by atoms with E-state index < -0.39 is 12.0 Å². The number of hydrogen-bond acceptors (Lipinski definition) is 4. The first kappa shape index (κ1) is 16.3. The van der Waals surface area contributed by atoms with Crippen LogP contribution in [0.4, 0.5) is 0 Å². The van der Waals surface area contributed by atoms with E-state index in [4.69, 9.17) is 4.52 Å². The van der Waals surface area contributed by atoms with Gasteiger partial charge in [0.1, 0.15) is 11.7 Å². The molecule has 2 heterocycles. The monoisotopic (exact) mass is 340 g/mol. The Kier molecular flexibility index (Phi) is 4.34. The van der Waals surface area contributed by atoms with E-state index in [2.05, 4.69) is 29.1 Å². The molecule has 0 unspecified atom stereocenters. The molecule has 0 amide bonds. The molecule has 4 rings (SSSR count). The van der Waals surface area contributed by atoms with Crippen molar-refractivity contribution in [2.75, 3.05) is 0 Å². The normalized spacial score (nSPS) is 26.5. The number of nitrogens with zero attached hydrogens (tertiary/aromatic N) is 2. The summed E-state index contributed by atoms with van der Waals surface area (Å²) in [6.07, 6.45) is 5.42. The van der Waals surface area contributed by atoms with Crippen LogP contribution >= 0.6 is 0 Å². The van der Waals surface area contributed by atoms with Crippen molar-refractivity contribution in [1.29, 1.82) is 0 Å². The van der Waals surface area contributed by atoms with Gasteiger partial charge in [-0.1, -0.05) is 47.8 Å². The molecule has 1 N–H and O–H groups in total. The van der Waals surface area contributed by atoms with E-state index >= 15 is 0 Å². The van der Waals surface area contributed by atoms with Gasteiger partial charge in [-0.2, -0.15) is 0 Å². The van der Waals surface area contributed by atoms with Gasteiger partial charge in [-0.25, -0.2) is 0 Å². The molecule has 5 nitrogen and oxygen atoms in total. The molecule has 1 aliphatic heterocycles. The SMILES string of the molecule is Cc1ccc(-c2cc(CN3[C@@H]4CCCC[C@H]4C[C@H]3C(=O)O)on2)cc1. The van der Waals surface area contributed by atoms with E-state index in [1.165, 1.54) is 18.4 Å². The number of carbonyl (C=O) groups is 1. The Bertz CT molecular complexity index is 753. The van der Waals surface area contributed by atoms with Crippen molar-refractivity contribution in [3.63, 3.8) is 0 Å². The van der Waals surface area contributed by atoms with Crippen molar-refractivity contribution in [2.24, 2.45) is 5.92 Å². The first-order chi connectivity index (χ1) is 12.1. The smallest absolute Gasteiger partial charge is 0.320 e. The number of aliphatic carboxylic acids is 1. The minimum absolute atomic E-state index is 0.364. The zero-order chi connectivity index (χ0) is 17.4.